The number of carbonyl (C=O) groups is 2. The van der Waals surface area contributed by atoms with E-state index in [0.717, 1.165) is 10.4 Å². The van der Waals surface area contributed by atoms with Crippen LogP contribution in [0.25, 0.3) is 11.1 Å². The van der Waals surface area contributed by atoms with Crippen molar-refractivity contribution in [2.24, 2.45) is 0 Å². The van der Waals surface area contributed by atoms with Crippen LogP contribution < -0.4 is 10.1 Å². The zero-order valence-electron chi connectivity index (χ0n) is 17.0. The topological polar surface area (TPSA) is 64.6 Å². The minimum atomic E-state index is -0.527. The summed E-state index contributed by atoms with van der Waals surface area (Å²) in [7, 11) is 1.58. The van der Waals surface area contributed by atoms with Gasteiger partial charge >= 0.3 is 5.97 Å². The zero-order valence-corrected chi connectivity index (χ0v) is 17.8. The Kier molecular flexibility index (Phi) is 6.84. The lowest BCUT2D eigenvalue weighted by molar-refractivity contribution is -0.115. The van der Waals surface area contributed by atoms with Crippen molar-refractivity contribution in [1.82, 2.24) is 0 Å². The molecule has 5 nitrogen and oxygen atoms in total. The molecule has 0 aliphatic heterocycles. The normalized spacial score (nSPS) is 10.5. The lowest BCUT2D eigenvalue weighted by atomic mass is 10.0. The van der Waals surface area contributed by atoms with E-state index in [1.165, 1.54) is 23.5 Å². The quantitative estimate of drug-likeness (QED) is 0.525. The van der Waals surface area contributed by atoms with Crippen molar-refractivity contribution < 1.29 is 23.5 Å². The molecule has 3 rings (SSSR count). The summed E-state index contributed by atoms with van der Waals surface area (Å²) >= 11 is 1.29. The summed E-state index contributed by atoms with van der Waals surface area (Å²) < 4.78 is 23.7. The number of anilines is 1. The lowest BCUT2D eigenvalue weighted by Crippen LogP contribution is -2.16. The Morgan fingerprint density at radius 2 is 1.73 bits per heavy atom. The van der Waals surface area contributed by atoms with E-state index in [4.69, 9.17) is 9.47 Å². The third-order valence-corrected chi connectivity index (χ3v) is 5.49. The van der Waals surface area contributed by atoms with Crippen molar-refractivity contribution in [2.75, 3.05) is 19.0 Å². The van der Waals surface area contributed by atoms with Crippen molar-refractivity contribution in [3.8, 4) is 16.9 Å². The first-order valence-corrected chi connectivity index (χ1v) is 10.2. The molecule has 30 heavy (non-hydrogen) atoms. The molecule has 0 spiro atoms. The highest BCUT2D eigenvalue weighted by Crippen LogP contribution is 2.40. The van der Waals surface area contributed by atoms with Gasteiger partial charge in [-0.25, -0.2) is 9.18 Å². The molecule has 0 aliphatic carbocycles. The van der Waals surface area contributed by atoms with Crippen LogP contribution in [-0.2, 0) is 16.0 Å². The van der Waals surface area contributed by atoms with Crippen LogP contribution in [0.2, 0.25) is 0 Å². The second kappa shape index (κ2) is 9.54. The third kappa shape index (κ3) is 4.86. The predicted octanol–water partition coefficient (Wildman–Crippen LogP) is 5.23. The van der Waals surface area contributed by atoms with Gasteiger partial charge in [-0.3, -0.25) is 4.79 Å². The molecule has 0 aliphatic rings. The zero-order chi connectivity index (χ0) is 21.7. The van der Waals surface area contributed by atoms with Crippen LogP contribution in [0.5, 0.6) is 5.75 Å². The van der Waals surface area contributed by atoms with E-state index in [-0.39, 0.29) is 30.3 Å². The highest BCUT2D eigenvalue weighted by atomic mass is 32.1. The Balaban J connectivity index is 1.91. The molecule has 2 aromatic carbocycles. The molecule has 1 heterocycles. The van der Waals surface area contributed by atoms with Gasteiger partial charge in [0.2, 0.25) is 5.91 Å². The number of hydrogen-bond acceptors (Lipinski definition) is 5. The number of thiophene rings is 1. The standard InChI is InChI=1S/C23H22FNO4S/c1-4-29-23(27)21-20(16-7-9-17(24)10-8-16)14(2)30-22(21)25-19(26)13-15-5-11-18(28-3)12-6-15/h5-12H,4,13H2,1-3H3,(H,25,26). The van der Waals surface area contributed by atoms with Crippen LogP contribution in [0.1, 0.15) is 27.7 Å². The van der Waals surface area contributed by atoms with Crippen molar-refractivity contribution in [2.45, 2.75) is 20.3 Å². The summed E-state index contributed by atoms with van der Waals surface area (Å²) in [5, 5.41) is 3.26. The Morgan fingerprint density at radius 1 is 1.07 bits per heavy atom. The van der Waals surface area contributed by atoms with Crippen molar-refractivity contribution in [3.63, 3.8) is 0 Å². The van der Waals surface area contributed by atoms with E-state index in [0.29, 0.717) is 21.9 Å². The Labute approximate surface area is 178 Å². The number of halogens is 1. The lowest BCUT2D eigenvalue weighted by Gasteiger charge is -2.09. The van der Waals surface area contributed by atoms with Gasteiger partial charge in [-0.1, -0.05) is 24.3 Å². The van der Waals surface area contributed by atoms with E-state index in [9.17, 15) is 14.0 Å². The first-order valence-electron chi connectivity index (χ1n) is 9.42. The van der Waals surface area contributed by atoms with Crippen molar-refractivity contribution in [1.29, 1.82) is 0 Å². The highest BCUT2D eigenvalue weighted by Gasteiger charge is 2.25. The highest BCUT2D eigenvalue weighted by molar-refractivity contribution is 7.17. The molecule has 0 atom stereocenters. The third-order valence-electron chi connectivity index (χ3n) is 4.47. The first kappa shape index (κ1) is 21.5. The SMILES string of the molecule is CCOC(=O)c1c(NC(=O)Cc2ccc(OC)cc2)sc(C)c1-c1ccc(F)cc1. The Hall–Kier alpha value is -3.19. The minimum absolute atomic E-state index is 0.148. The van der Waals surface area contributed by atoms with Crippen LogP contribution in [0.15, 0.2) is 48.5 Å². The molecule has 0 unspecified atom stereocenters. The average Bonchev–Trinajstić information content (AvgIpc) is 3.05. The molecule has 7 heteroatoms. The largest absolute Gasteiger partial charge is 0.497 e. The van der Waals surface area contributed by atoms with Crippen molar-refractivity contribution >= 4 is 28.2 Å². The van der Waals surface area contributed by atoms with E-state index < -0.39 is 5.97 Å². The maximum atomic E-state index is 13.4. The molecule has 1 amide bonds. The fourth-order valence-corrected chi connectivity index (χ4v) is 4.18. The molecule has 0 bridgehead atoms. The molecule has 0 fully saturated rings. The number of carbonyl (C=O) groups excluding carboxylic acids is 2. The number of ether oxygens (including phenoxy) is 2. The fourth-order valence-electron chi connectivity index (χ4n) is 3.09. The molecule has 1 aromatic heterocycles. The number of rotatable bonds is 7. The minimum Gasteiger partial charge on any atom is -0.497 e. The van der Waals surface area contributed by atoms with Crippen LogP contribution >= 0.6 is 11.3 Å². The number of hydrogen-bond donors (Lipinski definition) is 1. The van der Waals surface area contributed by atoms with Gasteiger partial charge in [-0.05, 0) is 49.2 Å². The van der Waals surface area contributed by atoms with Gasteiger partial charge in [0, 0.05) is 10.4 Å². The number of aryl methyl sites for hydroxylation is 1. The molecule has 0 radical (unpaired) electrons. The van der Waals surface area contributed by atoms with Gasteiger partial charge in [0.1, 0.15) is 22.1 Å². The molecule has 3 aromatic rings. The van der Waals surface area contributed by atoms with Gasteiger partial charge in [0.25, 0.3) is 0 Å². The van der Waals surface area contributed by atoms with Gasteiger partial charge < -0.3 is 14.8 Å². The summed E-state index contributed by atoms with van der Waals surface area (Å²) in [5.74, 6) is -0.433. The summed E-state index contributed by atoms with van der Waals surface area (Å²) in [6.07, 6.45) is 0.148. The number of benzene rings is 2. The van der Waals surface area contributed by atoms with Crippen LogP contribution in [0.3, 0.4) is 0 Å². The second-order valence-electron chi connectivity index (χ2n) is 6.54. The van der Waals surface area contributed by atoms with Gasteiger partial charge in [0.05, 0.1) is 20.1 Å². The van der Waals surface area contributed by atoms with Crippen LogP contribution in [-0.4, -0.2) is 25.6 Å². The van der Waals surface area contributed by atoms with E-state index >= 15 is 0 Å². The van der Waals surface area contributed by atoms with Gasteiger partial charge in [0.15, 0.2) is 0 Å². The van der Waals surface area contributed by atoms with Crippen molar-refractivity contribution in [3.05, 3.63) is 70.4 Å². The number of methoxy groups -OCH3 is 1. The maximum absolute atomic E-state index is 13.4. The molecular weight excluding hydrogens is 405 g/mol. The number of amides is 1. The molecule has 0 saturated carbocycles. The van der Waals surface area contributed by atoms with E-state index in [1.807, 2.05) is 19.1 Å². The maximum Gasteiger partial charge on any atom is 0.341 e. The average molecular weight is 427 g/mol. The second-order valence-corrected chi connectivity index (χ2v) is 7.76. The summed E-state index contributed by atoms with van der Waals surface area (Å²) in [4.78, 5) is 26.2. The van der Waals surface area contributed by atoms with Gasteiger partial charge in [-0.2, -0.15) is 0 Å². The summed E-state index contributed by atoms with van der Waals surface area (Å²) in [5.41, 5.74) is 2.43. The first-order chi connectivity index (χ1) is 14.4. The predicted molar refractivity (Wildman–Crippen MR) is 116 cm³/mol. The fraction of sp³-hybridized carbons (Fsp3) is 0.217. The molecular formula is C23H22FNO4S. The summed E-state index contributed by atoms with van der Waals surface area (Å²) in [6.45, 7) is 3.78. The Bertz CT molecular complexity index is 1040. The molecule has 0 saturated heterocycles. The smallest absolute Gasteiger partial charge is 0.341 e. The molecule has 1 N–H and O–H groups in total. The monoisotopic (exact) mass is 427 g/mol. The van der Waals surface area contributed by atoms with E-state index in [1.54, 1.807) is 38.3 Å². The molecule has 156 valence electrons. The summed E-state index contributed by atoms with van der Waals surface area (Å²) in [6, 6.07) is 13.1. The van der Waals surface area contributed by atoms with Crippen LogP contribution in [0, 0.1) is 12.7 Å². The number of nitrogens with one attached hydrogen (secondary N) is 1. The van der Waals surface area contributed by atoms with E-state index in [2.05, 4.69) is 5.32 Å². The van der Waals surface area contributed by atoms with Crippen LogP contribution in [0.4, 0.5) is 9.39 Å². The number of esters is 1. The Morgan fingerprint density at radius 3 is 2.33 bits per heavy atom. The van der Waals surface area contributed by atoms with Gasteiger partial charge in [-0.15, -0.1) is 11.3 Å².